The molecule has 0 aliphatic heterocycles. The van der Waals surface area contributed by atoms with Crippen molar-refractivity contribution in [3.8, 4) is 5.75 Å². The molecule has 1 rings (SSSR count). The normalized spacial score (nSPS) is 11.7. The summed E-state index contributed by atoms with van der Waals surface area (Å²) in [6.45, 7) is 8.29. The summed E-state index contributed by atoms with van der Waals surface area (Å²) in [6, 6.07) is 2.50. The molecule has 2 nitrogen and oxygen atoms in total. The molecule has 0 amide bonds. The summed E-state index contributed by atoms with van der Waals surface area (Å²) in [6.07, 6.45) is 1.05. The summed E-state index contributed by atoms with van der Waals surface area (Å²) in [5, 5.41) is 3.21. The third-order valence-corrected chi connectivity index (χ3v) is 3.01. The molecule has 0 aliphatic carbocycles. The highest BCUT2D eigenvalue weighted by Crippen LogP contribution is 2.25. The Morgan fingerprint density at radius 1 is 1.21 bits per heavy atom. The van der Waals surface area contributed by atoms with Gasteiger partial charge in [-0.2, -0.15) is 4.39 Å². The van der Waals surface area contributed by atoms with Crippen LogP contribution in [0.4, 0.5) is 8.78 Å². The van der Waals surface area contributed by atoms with E-state index in [1.54, 1.807) is 0 Å². The van der Waals surface area contributed by atoms with E-state index in [4.69, 9.17) is 4.74 Å². The lowest BCUT2D eigenvalue weighted by Gasteiger charge is -2.18. The van der Waals surface area contributed by atoms with Gasteiger partial charge in [-0.15, -0.1) is 0 Å². The van der Waals surface area contributed by atoms with Crippen LogP contribution in [0.15, 0.2) is 16.6 Å². The summed E-state index contributed by atoms with van der Waals surface area (Å²) in [7, 11) is 0. The van der Waals surface area contributed by atoms with Crippen LogP contribution >= 0.6 is 15.9 Å². The van der Waals surface area contributed by atoms with Crippen LogP contribution < -0.4 is 10.1 Å². The predicted molar refractivity (Wildman–Crippen MR) is 76.5 cm³/mol. The smallest absolute Gasteiger partial charge is 0.200 e. The molecule has 0 spiro atoms. The van der Waals surface area contributed by atoms with Crippen LogP contribution in [-0.2, 0) is 0 Å². The van der Waals surface area contributed by atoms with Gasteiger partial charge in [0.1, 0.15) is 6.61 Å². The highest BCUT2D eigenvalue weighted by molar-refractivity contribution is 9.10. The standard InChI is InChI=1S/C14H20BrF2NO/c1-14(2,3)4-5-18-6-7-19-12-9-10(15)8-11(16)13(12)17/h8-9,18H,4-7H2,1-3H3. The van der Waals surface area contributed by atoms with Gasteiger partial charge in [0.2, 0.25) is 5.82 Å². The maximum Gasteiger partial charge on any atom is 0.200 e. The fourth-order valence-electron chi connectivity index (χ4n) is 1.46. The summed E-state index contributed by atoms with van der Waals surface area (Å²) in [4.78, 5) is 0. The van der Waals surface area contributed by atoms with Crippen LogP contribution in [0.2, 0.25) is 0 Å². The van der Waals surface area contributed by atoms with Gasteiger partial charge in [-0.3, -0.25) is 0 Å². The lowest BCUT2D eigenvalue weighted by Crippen LogP contribution is -2.25. The summed E-state index contributed by atoms with van der Waals surface area (Å²) in [5.74, 6) is -1.92. The number of rotatable bonds is 6. The monoisotopic (exact) mass is 335 g/mol. The van der Waals surface area contributed by atoms with E-state index < -0.39 is 11.6 Å². The van der Waals surface area contributed by atoms with Crippen LogP contribution in [0, 0.1) is 17.0 Å². The van der Waals surface area contributed by atoms with Gasteiger partial charge in [0.25, 0.3) is 0 Å². The highest BCUT2D eigenvalue weighted by atomic mass is 79.9. The molecule has 0 heterocycles. The Kier molecular flexibility index (Phi) is 6.20. The molecule has 108 valence electrons. The summed E-state index contributed by atoms with van der Waals surface area (Å²) >= 11 is 3.10. The fraction of sp³-hybridized carbons (Fsp3) is 0.571. The Bertz CT molecular complexity index is 419. The first-order valence-corrected chi connectivity index (χ1v) is 7.07. The maximum absolute atomic E-state index is 13.4. The van der Waals surface area contributed by atoms with Gasteiger partial charge in [0.05, 0.1) is 0 Å². The average molecular weight is 336 g/mol. The van der Waals surface area contributed by atoms with Crippen molar-refractivity contribution in [3.63, 3.8) is 0 Å². The lowest BCUT2D eigenvalue weighted by atomic mass is 9.92. The largest absolute Gasteiger partial charge is 0.489 e. The molecule has 1 aromatic rings. The molecular weight excluding hydrogens is 316 g/mol. The van der Waals surface area contributed by atoms with Gasteiger partial charge < -0.3 is 10.1 Å². The number of benzene rings is 1. The molecule has 0 bridgehead atoms. The number of ether oxygens (including phenoxy) is 1. The zero-order chi connectivity index (χ0) is 14.5. The number of hydrogen-bond donors (Lipinski definition) is 1. The van der Waals surface area contributed by atoms with E-state index in [-0.39, 0.29) is 11.2 Å². The van der Waals surface area contributed by atoms with E-state index in [0.717, 1.165) is 19.0 Å². The Balaban J connectivity index is 2.30. The first-order chi connectivity index (χ1) is 8.79. The zero-order valence-electron chi connectivity index (χ0n) is 11.5. The Morgan fingerprint density at radius 2 is 1.89 bits per heavy atom. The van der Waals surface area contributed by atoms with E-state index in [1.165, 1.54) is 6.07 Å². The van der Waals surface area contributed by atoms with Crippen LogP contribution in [0.25, 0.3) is 0 Å². The molecule has 0 aromatic heterocycles. The Hall–Kier alpha value is -0.680. The van der Waals surface area contributed by atoms with E-state index in [0.29, 0.717) is 17.6 Å². The first kappa shape index (κ1) is 16.4. The second kappa shape index (κ2) is 7.20. The molecule has 0 radical (unpaired) electrons. The van der Waals surface area contributed by atoms with Crippen molar-refractivity contribution < 1.29 is 13.5 Å². The minimum absolute atomic E-state index is 0.0653. The molecule has 0 fully saturated rings. The summed E-state index contributed by atoms with van der Waals surface area (Å²) < 4.78 is 32.2. The maximum atomic E-state index is 13.4. The van der Waals surface area contributed by atoms with Gasteiger partial charge in [-0.1, -0.05) is 36.7 Å². The van der Waals surface area contributed by atoms with E-state index in [2.05, 4.69) is 42.0 Å². The Labute approximate surface area is 121 Å². The topological polar surface area (TPSA) is 21.3 Å². The fourth-order valence-corrected chi connectivity index (χ4v) is 1.87. The third-order valence-electron chi connectivity index (χ3n) is 2.55. The molecule has 0 atom stereocenters. The van der Waals surface area contributed by atoms with Gasteiger partial charge in [-0.25, -0.2) is 4.39 Å². The number of hydrogen-bond acceptors (Lipinski definition) is 2. The predicted octanol–water partition coefficient (Wildman–Crippen LogP) is 4.13. The van der Waals surface area contributed by atoms with Gasteiger partial charge in [0, 0.05) is 11.0 Å². The number of nitrogens with one attached hydrogen (secondary N) is 1. The quantitative estimate of drug-likeness (QED) is 0.623. The third kappa shape index (κ3) is 6.34. The first-order valence-electron chi connectivity index (χ1n) is 6.28. The molecular formula is C14H20BrF2NO. The number of halogens is 3. The van der Waals surface area contributed by atoms with Crippen LogP contribution in [0.1, 0.15) is 27.2 Å². The van der Waals surface area contributed by atoms with Crippen molar-refractivity contribution in [2.45, 2.75) is 27.2 Å². The Morgan fingerprint density at radius 3 is 2.53 bits per heavy atom. The molecule has 0 unspecified atom stereocenters. The van der Waals surface area contributed by atoms with E-state index in [1.807, 2.05) is 0 Å². The minimum atomic E-state index is -0.946. The molecule has 5 heteroatoms. The average Bonchev–Trinajstić information content (AvgIpc) is 2.28. The second-order valence-corrected chi connectivity index (χ2v) is 6.52. The SMILES string of the molecule is CC(C)(C)CCNCCOc1cc(Br)cc(F)c1F. The van der Waals surface area contributed by atoms with Crippen molar-refractivity contribution in [2.24, 2.45) is 5.41 Å². The molecule has 0 aliphatic rings. The van der Waals surface area contributed by atoms with Gasteiger partial charge in [0.15, 0.2) is 11.6 Å². The van der Waals surface area contributed by atoms with Crippen LogP contribution in [-0.4, -0.2) is 19.7 Å². The lowest BCUT2D eigenvalue weighted by molar-refractivity contribution is 0.286. The zero-order valence-corrected chi connectivity index (χ0v) is 13.1. The van der Waals surface area contributed by atoms with Crippen LogP contribution in [0.3, 0.4) is 0 Å². The molecule has 0 saturated heterocycles. The van der Waals surface area contributed by atoms with E-state index >= 15 is 0 Å². The van der Waals surface area contributed by atoms with Crippen molar-refractivity contribution in [3.05, 3.63) is 28.2 Å². The van der Waals surface area contributed by atoms with Crippen molar-refractivity contribution >= 4 is 15.9 Å². The summed E-state index contributed by atoms with van der Waals surface area (Å²) in [5.41, 5.74) is 0.285. The van der Waals surface area contributed by atoms with Gasteiger partial charge >= 0.3 is 0 Å². The molecule has 0 saturated carbocycles. The molecule has 1 aromatic carbocycles. The second-order valence-electron chi connectivity index (χ2n) is 5.61. The van der Waals surface area contributed by atoms with Crippen molar-refractivity contribution in [1.29, 1.82) is 0 Å². The van der Waals surface area contributed by atoms with Crippen LogP contribution in [0.5, 0.6) is 5.75 Å². The van der Waals surface area contributed by atoms with Crippen molar-refractivity contribution in [1.82, 2.24) is 5.32 Å². The molecule has 1 N–H and O–H groups in total. The molecule has 19 heavy (non-hydrogen) atoms. The highest BCUT2D eigenvalue weighted by Gasteiger charge is 2.11. The van der Waals surface area contributed by atoms with Gasteiger partial charge in [-0.05, 0) is 30.5 Å². The minimum Gasteiger partial charge on any atom is -0.489 e. The van der Waals surface area contributed by atoms with E-state index in [9.17, 15) is 8.78 Å². The van der Waals surface area contributed by atoms with Crippen molar-refractivity contribution in [2.75, 3.05) is 19.7 Å².